The lowest BCUT2D eigenvalue weighted by Gasteiger charge is -2.32. The Morgan fingerprint density at radius 2 is 1.72 bits per heavy atom. The zero-order valence-electron chi connectivity index (χ0n) is 22.9. The maximum atomic E-state index is 4.61. The number of aromatic nitrogens is 4. The molecule has 1 aromatic carbocycles. The predicted octanol–water partition coefficient (Wildman–Crippen LogP) is 4.84. The highest BCUT2D eigenvalue weighted by Gasteiger charge is 2.16. The average Bonchev–Trinajstić information content (AvgIpc) is 3.39. The molecule has 0 unspecified atom stereocenters. The minimum absolute atomic E-state index is 0.757. The Morgan fingerprint density at radius 3 is 2.56 bits per heavy atom. The van der Waals surface area contributed by atoms with Crippen LogP contribution in [0.2, 0.25) is 0 Å². The third kappa shape index (κ3) is 6.19. The minimum atomic E-state index is 0.757. The van der Waals surface area contributed by atoms with E-state index in [2.05, 4.69) is 84.1 Å². The van der Waals surface area contributed by atoms with Gasteiger partial charge in [0.2, 0.25) is 0 Å². The third-order valence-corrected chi connectivity index (χ3v) is 7.93. The summed E-state index contributed by atoms with van der Waals surface area (Å²) in [7, 11) is 2.18. The number of aromatic amines is 1. The molecule has 2 saturated heterocycles. The zero-order valence-corrected chi connectivity index (χ0v) is 22.9. The number of piperazine rings is 1. The number of pyridine rings is 2. The molecular formula is C31H38N8. The molecule has 0 saturated carbocycles. The van der Waals surface area contributed by atoms with E-state index in [-0.39, 0.29) is 0 Å². The van der Waals surface area contributed by atoms with Crippen molar-refractivity contribution in [3.63, 3.8) is 0 Å². The molecule has 0 spiro atoms. The summed E-state index contributed by atoms with van der Waals surface area (Å²) in [5.74, 6) is 0. The van der Waals surface area contributed by atoms with Crippen LogP contribution in [0.3, 0.4) is 0 Å². The maximum absolute atomic E-state index is 4.61. The van der Waals surface area contributed by atoms with Gasteiger partial charge in [0, 0.05) is 74.5 Å². The van der Waals surface area contributed by atoms with E-state index in [9.17, 15) is 0 Å². The standard InChI is InChI=1S/C31H38N8/c1-23(34-27-8-9-33-28(18-27)22-39-14-12-37(2)13-15-39)31-29-17-25(6-7-30(29)35-36-31)26-16-24(19-32-20-26)21-38-10-4-3-5-11-38/h6-9,16-20H,1,3-5,10-15,21-22H2,2H3,(H,33,34)(H,35,36). The number of hydrogen-bond acceptors (Lipinski definition) is 7. The van der Waals surface area contributed by atoms with Crippen LogP contribution in [-0.4, -0.2) is 81.2 Å². The van der Waals surface area contributed by atoms with Crippen LogP contribution >= 0.6 is 0 Å². The number of fused-ring (bicyclic) bond motifs is 1. The summed E-state index contributed by atoms with van der Waals surface area (Å²) in [4.78, 5) is 16.5. The molecule has 5 heterocycles. The van der Waals surface area contributed by atoms with E-state index in [1.807, 2.05) is 24.7 Å². The van der Waals surface area contributed by atoms with Crippen molar-refractivity contribution in [1.29, 1.82) is 0 Å². The van der Waals surface area contributed by atoms with Crippen LogP contribution < -0.4 is 5.32 Å². The molecule has 0 atom stereocenters. The van der Waals surface area contributed by atoms with E-state index in [0.717, 1.165) is 84.1 Å². The minimum Gasteiger partial charge on any atom is -0.354 e. The van der Waals surface area contributed by atoms with E-state index in [1.165, 1.54) is 37.9 Å². The first kappa shape index (κ1) is 25.7. The normalized spacial score (nSPS) is 17.5. The predicted molar refractivity (Wildman–Crippen MR) is 158 cm³/mol. The number of nitrogens with zero attached hydrogens (tertiary/aromatic N) is 6. The lowest BCUT2D eigenvalue weighted by atomic mass is 10.0. The number of benzene rings is 1. The van der Waals surface area contributed by atoms with Crippen molar-refractivity contribution in [2.45, 2.75) is 32.4 Å². The fraction of sp³-hybridized carbons (Fsp3) is 0.387. The van der Waals surface area contributed by atoms with Gasteiger partial charge in [-0.2, -0.15) is 5.10 Å². The van der Waals surface area contributed by atoms with Gasteiger partial charge in [0.15, 0.2) is 0 Å². The zero-order chi connectivity index (χ0) is 26.6. The van der Waals surface area contributed by atoms with Crippen LogP contribution in [0.4, 0.5) is 5.69 Å². The highest BCUT2D eigenvalue weighted by Crippen LogP contribution is 2.29. The second kappa shape index (κ2) is 11.7. The molecule has 39 heavy (non-hydrogen) atoms. The number of hydrogen-bond donors (Lipinski definition) is 2. The number of rotatable bonds is 8. The molecule has 0 bridgehead atoms. The second-order valence-corrected chi connectivity index (χ2v) is 11.0. The van der Waals surface area contributed by atoms with Gasteiger partial charge in [0.25, 0.3) is 0 Å². The Morgan fingerprint density at radius 1 is 0.897 bits per heavy atom. The molecule has 3 aromatic heterocycles. The van der Waals surface area contributed by atoms with Crippen LogP contribution in [0.15, 0.2) is 61.6 Å². The molecule has 2 fully saturated rings. The van der Waals surface area contributed by atoms with E-state index >= 15 is 0 Å². The molecule has 8 nitrogen and oxygen atoms in total. The van der Waals surface area contributed by atoms with Crippen LogP contribution in [0.5, 0.6) is 0 Å². The van der Waals surface area contributed by atoms with Crippen molar-refractivity contribution in [3.8, 4) is 11.1 Å². The quantitative estimate of drug-likeness (QED) is 0.343. The van der Waals surface area contributed by atoms with Crippen LogP contribution in [-0.2, 0) is 13.1 Å². The Balaban J connectivity index is 1.17. The molecule has 2 aliphatic rings. The van der Waals surface area contributed by atoms with E-state index in [4.69, 9.17) is 0 Å². The average molecular weight is 523 g/mol. The van der Waals surface area contributed by atoms with E-state index < -0.39 is 0 Å². The Labute approximate surface area is 230 Å². The third-order valence-electron chi connectivity index (χ3n) is 7.93. The molecule has 4 aromatic rings. The van der Waals surface area contributed by atoms with Crippen molar-refractivity contribution in [2.24, 2.45) is 0 Å². The molecule has 202 valence electrons. The number of likely N-dealkylation sites (tertiary alicyclic amines) is 1. The van der Waals surface area contributed by atoms with Gasteiger partial charge in [-0.3, -0.25) is 24.9 Å². The molecule has 0 radical (unpaired) electrons. The first-order valence-corrected chi connectivity index (χ1v) is 14.1. The van der Waals surface area contributed by atoms with Crippen LogP contribution in [0.25, 0.3) is 27.7 Å². The SMILES string of the molecule is C=C(Nc1ccnc(CN2CCN(C)CC2)c1)c1n[nH]c2ccc(-c3cncc(CN4CCCCC4)c3)cc12. The van der Waals surface area contributed by atoms with Crippen LogP contribution in [0, 0.1) is 0 Å². The topological polar surface area (TPSA) is 76.2 Å². The Bertz CT molecular complexity index is 1430. The summed E-state index contributed by atoms with van der Waals surface area (Å²) < 4.78 is 0. The number of nitrogens with one attached hydrogen (secondary N) is 2. The fourth-order valence-corrected chi connectivity index (χ4v) is 5.64. The molecular weight excluding hydrogens is 484 g/mol. The van der Waals surface area contributed by atoms with Crippen molar-refractivity contribution in [3.05, 3.63) is 78.5 Å². The number of anilines is 1. The first-order chi connectivity index (χ1) is 19.1. The summed E-state index contributed by atoms with van der Waals surface area (Å²) in [5.41, 5.74) is 8.11. The summed E-state index contributed by atoms with van der Waals surface area (Å²) in [6.45, 7) is 12.8. The van der Waals surface area contributed by atoms with Crippen LogP contribution in [0.1, 0.15) is 36.2 Å². The van der Waals surface area contributed by atoms with E-state index in [1.54, 1.807) is 0 Å². The molecule has 0 amide bonds. The Hall–Kier alpha value is -3.59. The number of likely N-dealkylation sites (N-methyl/N-ethyl adjacent to an activating group) is 1. The van der Waals surface area contributed by atoms with Gasteiger partial charge in [0.1, 0.15) is 5.69 Å². The molecule has 2 N–H and O–H groups in total. The molecule has 8 heteroatoms. The smallest absolute Gasteiger partial charge is 0.116 e. The van der Waals surface area contributed by atoms with Gasteiger partial charge in [-0.25, -0.2) is 0 Å². The second-order valence-electron chi connectivity index (χ2n) is 11.0. The highest BCUT2D eigenvalue weighted by molar-refractivity contribution is 5.95. The van der Waals surface area contributed by atoms with Crippen molar-refractivity contribution in [1.82, 2.24) is 34.9 Å². The summed E-state index contributed by atoms with van der Waals surface area (Å²) in [6, 6.07) is 12.8. The van der Waals surface area contributed by atoms with Crippen molar-refractivity contribution in [2.75, 3.05) is 51.6 Å². The monoisotopic (exact) mass is 522 g/mol. The van der Waals surface area contributed by atoms with Gasteiger partial charge in [-0.1, -0.05) is 19.1 Å². The summed E-state index contributed by atoms with van der Waals surface area (Å²) in [6.07, 6.45) is 9.75. The van der Waals surface area contributed by atoms with Gasteiger partial charge in [-0.15, -0.1) is 0 Å². The van der Waals surface area contributed by atoms with E-state index in [0.29, 0.717) is 0 Å². The van der Waals surface area contributed by atoms with Gasteiger partial charge in [0.05, 0.1) is 16.9 Å². The summed E-state index contributed by atoms with van der Waals surface area (Å²) in [5, 5.41) is 12.3. The largest absolute Gasteiger partial charge is 0.354 e. The summed E-state index contributed by atoms with van der Waals surface area (Å²) >= 11 is 0. The molecule has 2 aliphatic heterocycles. The van der Waals surface area contributed by atoms with Crippen molar-refractivity contribution < 1.29 is 0 Å². The molecule has 6 rings (SSSR count). The van der Waals surface area contributed by atoms with Crippen molar-refractivity contribution >= 4 is 22.3 Å². The highest BCUT2D eigenvalue weighted by atomic mass is 15.2. The van der Waals surface area contributed by atoms with Gasteiger partial charge in [-0.05, 0) is 74.4 Å². The number of piperidine rings is 1. The fourth-order valence-electron chi connectivity index (χ4n) is 5.64. The van der Waals surface area contributed by atoms with Gasteiger partial charge < -0.3 is 10.2 Å². The maximum Gasteiger partial charge on any atom is 0.116 e. The number of H-pyrrole nitrogens is 1. The first-order valence-electron chi connectivity index (χ1n) is 14.1. The Kier molecular flexibility index (Phi) is 7.67. The molecule has 0 aliphatic carbocycles. The lowest BCUT2D eigenvalue weighted by Crippen LogP contribution is -2.44. The van der Waals surface area contributed by atoms with Gasteiger partial charge >= 0.3 is 0 Å². The lowest BCUT2D eigenvalue weighted by molar-refractivity contribution is 0.147.